The van der Waals surface area contributed by atoms with Gasteiger partial charge in [-0.2, -0.15) is 0 Å². The summed E-state index contributed by atoms with van der Waals surface area (Å²) in [4.78, 5) is 38.2. The molecule has 0 bridgehead atoms. The molecule has 0 amide bonds. The molecule has 0 rings (SSSR count). The first kappa shape index (κ1) is 64.4. The monoisotopic (exact) mass is 933 g/mol. The molecule has 0 aromatic carbocycles. The Bertz CT molecular complexity index is 996. The average Bonchev–Trinajstić information content (AvgIpc) is 3.30. The van der Waals surface area contributed by atoms with E-state index in [0.29, 0.717) is 19.3 Å². The van der Waals surface area contributed by atoms with Crippen molar-refractivity contribution in [2.24, 2.45) is 5.92 Å². The summed E-state index contributed by atoms with van der Waals surface area (Å²) in [5.41, 5.74) is 0. The van der Waals surface area contributed by atoms with Crippen LogP contribution in [0.4, 0.5) is 0 Å². The Hall–Kier alpha value is -1.59. The molecule has 0 saturated heterocycles. The minimum Gasteiger partial charge on any atom is -0.462 e. The van der Waals surface area contributed by atoms with E-state index in [-0.39, 0.29) is 31.1 Å². The van der Waals surface area contributed by atoms with Crippen molar-refractivity contribution in [1.82, 2.24) is 0 Å². The fourth-order valence-corrected chi connectivity index (χ4v) is 9.28. The number of rotatable bonds is 55. The highest BCUT2D eigenvalue weighted by Crippen LogP contribution is 2.18. The van der Waals surface area contributed by atoms with E-state index in [1.54, 1.807) is 0 Å². The van der Waals surface area contributed by atoms with Gasteiger partial charge >= 0.3 is 17.9 Å². The van der Waals surface area contributed by atoms with Crippen LogP contribution < -0.4 is 0 Å². The molecule has 0 spiro atoms. The van der Waals surface area contributed by atoms with Gasteiger partial charge < -0.3 is 14.2 Å². The predicted octanol–water partition coefficient (Wildman–Crippen LogP) is 19.8. The molecular weight excluding hydrogens is 817 g/mol. The lowest BCUT2D eigenvalue weighted by molar-refractivity contribution is -0.167. The molecule has 6 heteroatoms. The van der Waals surface area contributed by atoms with Crippen LogP contribution in [0.15, 0.2) is 0 Å². The fraction of sp³-hybridized carbons (Fsp3) is 0.950. The summed E-state index contributed by atoms with van der Waals surface area (Å²) < 4.78 is 16.9. The first-order valence-corrected chi connectivity index (χ1v) is 29.9. The topological polar surface area (TPSA) is 78.9 Å². The molecular formula is C60H116O6. The van der Waals surface area contributed by atoms with Crippen molar-refractivity contribution in [2.75, 3.05) is 13.2 Å². The normalized spacial score (nSPS) is 12.0. The van der Waals surface area contributed by atoms with Crippen LogP contribution in [-0.4, -0.2) is 37.2 Å². The number of hydrogen-bond donors (Lipinski definition) is 0. The van der Waals surface area contributed by atoms with E-state index in [2.05, 4.69) is 27.7 Å². The molecule has 0 aliphatic rings. The van der Waals surface area contributed by atoms with Gasteiger partial charge in [0.1, 0.15) is 13.2 Å². The second-order valence-electron chi connectivity index (χ2n) is 21.1. The number of esters is 3. The quantitative estimate of drug-likeness (QED) is 0.0343. The summed E-state index contributed by atoms with van der Waals surface area (Å²) in [5, 5.41) is 0. The van der Waals surface area contributed by atoms with E-state index in [9.17, 15) is 14.4 Å². The van der Waals surface area contributed by atoms with E-state index >= 15 is 0 Å². The van der Waals surface area contributed by atoms with Crippen molar-refractivity contribution in [3.05, 3.63) is 0 Å². The molecule has 0 unspecified atom stereocenters. The van der Waals surface area contributed by atoms with Gasteiger partial charge in [-0.1, -0.05) is 304 Å². The van der Waals surface area contributed by atoms with Gasteiger partial charge in [0, 0.05) is 19.3 Å². The van der Waals surface area contributed by atoms with E-state index in [1.807, 2.05) is 0 Å². The van der Waals surface area contributed by atoms with Crippen LogP contribution in [0.2, 0.25) is 0 Å². The summed E-state index contributed by atoms with van der Waals surface area (Å²) >= 11 is 0. The second-order valence-corrected chi connectivity index (χ2v) is 21.1. The third-order valence-electron chi connectivity index (χ3n) is 13.8. The van der Waals surface area contributed by atoms with Crippen molar-refractivity contribution in [2.45, 2.75) is 348 Å². The Morgan fingerprint density at radius 2 is 0.500 bits per heavy atom. The highest BCUT2D eigenvalue weighted by atomic mass is 16.6. The molecule has 392 valence electrons. The van der Waals surface area contributed by atoms with Gasteiger partial charge in [0.2, 0.25) is 0 Å². The van der Waals surface area contributed by atoms with Crippen LogP contribution in [0, 0.1) is 5.92 Å². The van der Waals surface area contributed by atoms with Crippen molar-refractivity contribution in [3.63, 3.8) is 0 Å². The van der Waals surface area contributed by atoms with E-state index in [1.165, 1.54) is 238 Å². The van der Waals surface area contributed by atoms with Gasteiger partial charge in [0.15, 0.2) is 6.10 Å². The Labute approximate surface area is 412 Å². The Morgan fingerprint density at radius 3 is 0.742 bits per heavy atom. The van der Waals surface area contributed by atoms with Crippen molar-refractivity contribution >= 4 is 17.9 Å². The standard InChI is InChI=1S/C60H116O6/c1-5-7-9-11-13-15-17-19-21-23-28-32-36-40-44-48-52-59(62)65-55-57(54-64-58(61)51-47-43-39-35-31-27-22-20-18-16-14-12-10-8-6-2)66-60(63)53-49-45-41-37-33-29-25-24-26-30-34-38-42-46-50-56(3)4/h56-57H,5-55H2,1-4H3/t57-/m0/s1. The van der Waals surface area contributed by atoms with Crippen molar-refractivity contribution in [1.29, 1.82) is 0 Å². The van der Waals surface area contributed by atoms with Crippen molar-refractivity contribution < 1.29 is 28.6 Å². The first-order valence-electron chi connectivity index (χ1n) is 29.9. The zero-order valence-electron chi connectivity index (χ0n) is 45.2. The molecule has 66 heavy (non-hydrogen) atoms. The zero-order chi connectivity index (χ0) is 48.1. The molecule has 0 radical (unpaired) electrons. The lowest BCUT2D eigenvalue weighted by Gasteiger charge is -2.18. The summed E-state index contributed by atoms with van der Waals surface area (Å²) in [7, 11) is 0. The highest BCUT2D eigenvalue weighted by Gasteiger charge is 2.19. The molecule has 0 aromatic heterocycles. The van der Waals surface area contributed by atoms with Gasteiger partial charge in [-0.3, -0.25) is 14.4 Å². The van der Waals surface area contributed by atoms with Crippen LogP contribution in [0.25, 0.3) is 0 Å². The minimum atomic E-state index is -0.762. The second kappa shape index (κ2) is 54.4. The predicted molar refractivity (Wildman–Crippen MR) is 284 cm³/mol. The largest absolute Gasteiger partial charge is 0.462 e. The first-order chi connectivity index (χ1) is 32.4. The molecule has 0 N–H and O–H groups in total. The minimum absolute atomic E-state index is 0.0615. The number of carbonyl (C=O) groups is 3. The summed E-state index contributed by atoms with van der Waals surface area (Å²) in [5.74, 6) is 0.0115. The molecule has 0 aromatic rings. The molecule has 0 aliphatic heterocycles. The Morgan fingerprint density at radius 1 is 0.288 bits per heavy atom. The van der Waals surface area contributed by atoms with Gasteiger partial charge in [-0.15, -0.1) is 0 Å². The number of unbranched alkanes of at least 4 members (excludes halogenated alkanes) is 42. The molecule has 0 aliphatic carbocycles. The maximum atomic E-state index is 12.9. The maximum absolute atomic E-state index is 12.9. The Balaban J connectivity index is 4.30. The van der Waals surface area contributed by atoms with Crippen LogP contribution in [-0.2, 0) is 28.6 Å². The third-order valence-corrected chi connectivity index (χ3v) is 13.8. The highest BCUT2D eigenvalue weighted by molar-refractivity contribution is 5.71. The SMILES string of the molecule is CCCCCCCCCCCCCCCCCCC(=O)OC[C@H](COC(=O)CCCCCCCCCCCCCCCCC)OC(=O)CCCCCCCCCCCCCCCCC(C)C. The smallest absolute Gasteiger partial charge is 0.306 e. The lowest BCUT2D eigenvalue weighted by atomic mass is 10.0. The molecule has 0 saturated carbocycles. The van der Waals surface area contributed by atoms with E-state index in [4.69, 9.17) is 14.2 Å². The van der Waals surface area contributed by atoms with E-state index in [0.717, 1.165) is 63.7 Å². The summed E-state index contributed by atoms with van der Waals surface area (Å²) in [6.45, 7) is 9.08. The zero-order valence-corrected chi connectivity index (χ0v) is 45.2. The average molecular weight is 934 g/mol. The van der Waals surface area contributed by atoms with Gasteiger partial charge in [-0.25, -0.2) is 0 Å². The summed E-state index contributed by atoms with van der Waals surface area (Å²) in [6.07, 6.45) is 59.5. The van der Waals surface area contributed by atoms with Gasteiger partial charge in [0.05, 0.1) is 0 Å². The van der Waals surface area contributed by atoms with Crippen molar-refractivity contribution in [3.8, 4) is 0 Å². The van der Waals surface area contributed by atoms with Crippen LogP contribution in [0.1, 0.15) is 342 Å². The van der Waals surface area contributed by atoms with Crippen LogP contribution in [0.3, 0.4) is 0 Å². The number of carbonyl (C=O) groups excluding carboxylic acids is 3. The maximum Gasteiger partial charge on any atom is 0.306 e. The molecule has 1 atom stereocenters. The van der Waals surface area contributed by atoms with Crippen LogP contribution in [0.5, 0.6) is 0 Å². The fourth-order valence-electron chi connectivity index (χ4n) is 9.28. The van der Waals surface area contributed by atoms with Crippen LogP contribution >= 0.6 is 0 Å². The van der Waals surface area contributed by atoms with E-state index < -0.39 is 6.10 Å². The molecule has 0 heterocycles. The molecule has 0 fully saturated rings. The third kappa shape index (κ3) is 53.4. The molecule has 6 nitrogen and oxygen atoms in total. The van der Waals surface area contributed by atoms with Gasteiger partial charge in [0.25, 0.3) is 0 Å². The number of hydrogen-bond acceptors (Lipinski definition) is 6. The summed E-state index contributed by atoms with van der Waals surface area (Å²) in [6, 6.07) is 0. The van der Waals surface area contributed by atoms with Gasteiger partial charge in [-0.05, 0) is 25.2 Å². The Kier molecular flexibility index (Phi) is 53.0. The number of ether oxygens (including phenoxy) is 3. The lowest BCUT2D eigenvalue weighted by Crippen LogP contribution is -2.30.